The van der Waals surface area contributed by atoms with Crippen molar-refractivity contribution in [3.8, 4) is 11.5 Å². The van der Waals surface area contributed by atoms with Gasteiger partial charge in [0.15, 0.2) is 11.6 Å². The lowest BCUT2D eigenvalue weighted by molar-refractivity contribution is -0.154. The molecule has 1 fully saturated rings. The normalized spacial score (nSPS) is 29.2. The number of aryl methyl sites for hydroxylation is 2. The highest BCUT2D eigenvalue weighted by molar-refractivity contribution is 6.19. The molecule has 204 valence electrons. The Morgan fingerprint density at radius 1 is 0.975 bits per heavy atom. The number of fused-ring (bicyclic) bond motifs is 4. The minimum absolute atomic E-state index is 0.0471. The third-order valence-corrected chi connectivity index (χ3v) is 9.17. The van der Waals surface area contributed by atoms with Crippen molar-refractivity contribution in [2.24, 2.45) is 11.8 Å². The molecule has 0 amide bonds. The molecule has 2 bridgehead atoms. The smallest absolute Gasteiger partial charge is 0.347 e. The van der Waals surface area contributed by atoms with Crippen LogP contribution in [0.2, 0.25) is 0 Å². The van der Waals surface area contributed by atoms with E-state index in [0.717, 1.165) is 13.2 Å². The highest BCUT2D eigenvalue weighted by Crippen LogP contribution is 2.70. The van der Waals surface area contributed by atoms with Crippen molar-refractivity contribution >= 4 is 34.3 Å². The van der Waals surface area contributed by atoms with Crippen molar-refractivity contribution in [1.82, 2.24) is 0 Å². The third kappa shape index (κ3) is 2.40. The Morgan fingerprint density at radius 3 is 2.35 bits per heavy atom. The Hall–Kier alpha value is -4.51. The summed E-state index contributed by atoms with van der Waals surface area (Å²) in [4.78, 5) is 67.6. The topological polar surface area (TPSA) is 167 Å². The first-order valence-corrected chi connectivity index (χ1v) is 12.6. The summed E-state index contributed by atoms with van der Waals surface area (Å²) in [5.74, 6) is -6.33. The molecule has 2 heterocycles. The number of ether oxygens (including phenoxy) is 3. The Morgan fingerprint density at radius 2 is 1.68 bits per heavy atom. The van der Waals surface area contributed by atoms with Crippen molar-refractivity contribution in [1.29, 1.82) is 0 Å². The summed E-state index contributed by atoms with van der Waals surface area (Å²) in [6.45, 7) is 3.94. The number of hydrogen-bond donors (Lipinski definition) is 2. The van der Waals surface area contributed by atoms with Gasteiger partial charge in [0, 0.05) is 25.0 Å². The fraction of sp³-hybridized carbons (Fsp3) is 0.345. The molecule has 11 nitrogen and oxygen atoms in total. The van der Waals surface area contributed by atoms with Gasteiger partial charge in [-0.1, -0.05) is 0 Å². The lowest BCUT2D eigenvalue weighted by atomic mass is 9.59. The van der Waals surface area contributed by atoms with E-state index in [4.69, 9.17) is 18.6 Å². The quantitative estimate of drug-likeness (QED) is 0.453. The van der Waals surface area contributed by atoms with E-state index in [-0.39, 0.29) is 38.6 Å². The van der Waals surface area contributed by atoms with Crippen molar-refractivity contribution < 1.29 is 48.0 Å². The number of esters is 2. The van der Waals surface area contributed by atoms with Crippen LogP contribution in [0.15, 0.2) is 27.6 Å². The Bertz CT molecular complexity index is 1850. The van der Waals surface area contributed by atoms with Crippen LogP contribution >= 0.6 is 0 Å². The number of Topliss-reactive ketones (excluding diaryl/α,β-unsaturated/α-hetero) is 2. The summed E-state index contributed by atoms with van der Waals surface area (Å²) < 4.78 is 22.8. The molecule has 5 atom stereocenters. The predicted molar refractivity (Wildman–Crippen MR) is 134 cm³/mol. The van der Waals surface area contributed by atoms with Crippen LogP contribution in [0.25, 0.3) is 10.8 Å². The van der Waals surface area contributed by atoms with Gasteiger partial charge in [0.1, 0.15) is 47.0 Å². The first kappa shape index (κ1) is 24.5. The molecule has 0 saturated heterocycles. The zero-order valence-electron chi connectivity index (χ0n) is 21.7. The van der Waals surface area contributed by atoms with Crippen LogP contribution in [-0.2, 0) is 30.0 Å². The average molecular weight is 546 g/mol. The number of phenolic OH excluding ortho intramolecular Hbond substituents is 2. The third-order valence-electron chi connectivity index (χ3n) is 9.17. The van der Waals surface area contributed by atoms with Gasteiger partial charge in [0.25, 0.3) is 0 Å². The number of benzene rings is 2. The average Bonchev–Trinajstić information content (AvgIpc) is 3.06. The minimum Gasteiger partial charge on any atom is -0.507 e. The van der Waals surface area contributed by atoms with Crippen molar-refractivity contribution in [3.63, 3.8) is 0 Å². The van der Waals surface area contributed by atoms with E-state index < -0.39 is 76.2 Å². The van der Waals surface area contributed by atoms with E-state index in [2.05, 4.69) is 0 Å². The highest BCUT2D eigenvalue weighted by atomic mass is 16.6. The van der Waals surface area contributed by atoms with Gasteiger partial charge in [-0.2, -0.15) is 0 Å². The summed E-state index contributed by atoms with van der Waals surface area (Å²) in [5, 5.41) is 21.5. The van der Waals surface area contributed by atoms with Gasteiger partial charge in [-0.25, -0.2) is 9.59 Å². The maximum absolute atomic E-state index is 14.6. The molecule has 4 aliphatic rings. The van der Waals surface area contributed by atoms with E-state index in [0.29, 0.717) is 11.1 Å². The summed E-state index contributed by atoms with van der Waals surface area (Å²) in [6, 6.07) is 2.61. The molecule has 1 aliphatic heterocycles. The van der Waals surface area contributed by atoms with E-state index in [1.807, 2.05) is 0 Å². The predicted octanol–water partition coefficient (Wildman–Crippen LogP) is 2.34. The van der Waals surface area contributed by atoms with Gasteiger partial charge < -0.3 is 28.8 Å². The standard InChI is InChI=1S/C29H22O11/c1-9-5-14(32)18-20-15(9)23(34)21-25(40-11(3)30)28(20,8-39-27(18)36)24-22(33)12-7-38-26(35)17-13(31)6-10(2)19(16(12)17)29(21,24)37-4/h5-7,21,24-25,31-32H,8H2,1-4H3/t21-,24-,25-,28-,29-/m0/s1. The summed E-state index contributed by atoms with van der Waals surface area (Å²) in [5.41, 5.74) is -3.47. The van der Waals surface area contributed by atoms with Gasteiger partial charge in [-0.15, -0.1) is 0 Å². The molecule has 3 aromatic rings. The molecule has 1 aromatic heterocycles. The number of hydrogen-bond acceptors (Lipinski definition) is 11. The summed E-state index contributed by atoms with van der Waals surface area (Å²) in [7, 11) is 1.31. The first-order valence-electron chi connectivity index (χ1n) is 12.6. The Labute approximate surface area is 225 Å². The SMILES string of the molecule is CO[C@]12c3c(C)cc(O)c4c(=O)occ(c34)C(=O)[C@H]1[C@]13COC(=O)c4c(O)cc(C)c(c41)C(=O)[C@H]2[C@@H]3OC(C)=O. The number of rotatable bonds is 2. The number of cyclic esters (lactones) is 1. The van der Waals surface area contributed by atoms with E-state index in [1.165, 1.54) is 19.2 Å². The number of aromatic hydroxyl groups is 2. The summed E-state index contributed by atoms with van der Waals surface area (Å²) in [6.07, 6.45) is -0.353. The molecule has 40 heavy (non-hydrogen) atoms. The first-order chi connectivity index (χ1) is 18.9. The molecule has 7 rings (SSSR count). The fourth-order valence-electron chi connectivity index (χ4n) is 8.08. The summed E-state index contributed by atoms with van der Waals surface area (Å²) >= 11 is 0. The van der Waals surface area contributed by atoms with Gasteiger partial charge in [0.05, 0.1) is 22.8 Å². The maximum Gasteiger partial charge on any atom is 0.347 e. The molecule has 11 heteroatoms. The maximum atomic E-state index is 14.6. The number of methoxy groups -OCH3 is 1. The fourth-order valence-corrected chi connectivity index (χ4v) is 8.08. The highest BCUT2D eigenvalue weighted by Gasteiger charge is 2.80. The van der Waals surface area contributed by atoms with Crippen LogP contribution in [0.5, 0.6) is 11.5 Å². The zero-order valence-corrected chi connectivity index (χ0v) is 21.7. The molecular weight excluding hydrogens is 524 g/mol. The van der Waals surface area contributed by atoms with Crippen LogP contribution in [0.3, 0.4) is 0 Å². The molecule has 3 aliphatic carbocycles. The Kier molecular flexibility index (Phi) is 4.51. The molecule has 0 unspecified atom stereocenters. The van der Waals surface area contributed by atoms with E-state index in [9.17, 15) is 34.2 Å². The van der Waals surface area contributed by atoms with Crippen LogP contribution < -0.4 is 5.63 Å². The van der Waals surface area contributed by atoms with Gasteiger partial charge in [0.2, 0.25) is 0 Å². The minimum atomic E-state index is -1.83. The van der Waals surface area contributed by atoms with Crippen LogP contribution in [-0.4, -0.2) is 53.5 Å². The lowest BCUT2D eigenvalue weighted by Crippen LogP contribution is -2.57. The lowest BCUT2D eigenvalue weighted by Gasteiger charge is -2.47. The second-order valence-electron chi connectivity index (χ2n) is 10.9. The monoisotopic (exact) mass is 546 g/mol. The number of ketones is 2. The molecule has 1 spiro atoms. The second-order valence-corrected chi connectivity index (χ2v) is 10.9. The van der Waals surface area contributed by atoms with Crippen LogP contribution in [0.1, 0.15) is 60.3 Å². The van der Waals surface area contributed by atoms with E-state index >= 15 is 0 Å². The van der Waals surface area contributed by atoms with Gasteiger partial charge in [-0.05, 0) is 48.2 Å². The Balaban J connectivity index is 1.73. The van der Waals surface area contributed by atoms with E-state index in [1.54, 1.807) is 13.8 Å². The molecular formula is C29H22O11. The molecule has 2 aromatic carbocycles. The number of phenols is 2. The molecule has 2 N–H and O–H groups in total. The van der Waals surface area contributed by atoms with Crippen molar-refractivity contribution in [2.45, 2.75) is 37.9 Å². The molecule has 1 saturated carbocycles. The number of carbonyl (C=O) groups excluding carboxylic acids is 4. The van der Waals surface area contributed by atoms with Crippen molar-refractivity contribution in [2.75, 3.05) is 13.7 Å². The largest absolute Gasteiger partial charge is 0.507 e. The van der Waals surface area contributed by atoms with Gasteiger partial charge in [-0.3, -0.25) is 14.4 Å². The molecule has 0 radical (unpaired) electrons. The second kappa shape index (κ2) is 7.36. The van der Waals surface area contributed by atoms with Crippen LogP contribution in [0, 0.1) is 25.7 Å². The van der Waals surface area contributed by atoms with Gasteiger partial charge >= 0.3 is 17.6 Å². The zero-order chi connectivity index (χ0) is 28.6. The van der Waals surface area contributed by atoms with Crippen molar-refractivity contribution in [3.05, 3.63) is 67.8 Å². The van der Waals surface area contributed by atoms with Crippen LogP contribution in [0.4, 0.5) is 0 Å². The number of carbonyl (C=O) groups is 4.